The van der Waals surface area contributed by atoms with E-state index in [-0.39, 0.29) is 0 Å². The topological polar surface area (TPSA) is 57.0 Å². The van der Waals surface area contributed by atoms with Crippen molar-refractivity contribution in [2.24, 2.45) is 0 Å². The molecule has 0 N–H and O–H groups in total. The Hall–Kier alpha value is -7.76. The molecule has 0 radical (unpaired) electrons. The molecule has 4 heterocycles. The first kappa shape index (κ1) is 31.6. The predicted octanol–water partition coefficient (Wildman–Crippen LogP) is 14.0. The average Bonchev–Trinajstić information content (AvgIpc) is 3.96. The van der Waals surface area contributed by atoms with Crippen molar-refractivity contribution >= 4 is 65.7 Å². The number of rotatable bonds is 5. The molecule has 0 unspecified atom stereocenters. The average molecular weight is 730 g/mol. The van der Waals surface area contributed by atoms with Crippen LogP contribution in [0.25, 0.3) is 116 Å². The second-order valence-corrected chi connectivity index (χ2v) is 14.5. The molecule has 0 saturated heterocycles. The van der Waals surface area contributed by atoms with E-state index in [0.29, 0.717) is 5.82 Å². The maximum atomic E-state index is 7.09. The minimum Gasteiger partial charge on any atom is -0.456 e. The zero-order valence-electron chi connectivity index (χ0n) is 30.6. The van der Waals surface area contributed by atoms with E-state index in [1.807, 2.05) is 30.3 Å². The van der Waals surface area contributed by atoms with Crippen LogP contribution in [0.1, 0.15) is 0 Å². The van der Waals surface area contributed by atoms with Crippen LogP contribution in [-0.2, 0) is 0 Å². The summed E-state index contributed by atoms with van der Waals surface area (Å²) in [7, 11) is 0. The Morgan fingerprint density at radius 2 is 1.00 bits per heavy atom. The number of hydrogen-bond acceptors (Lipinski definition) is 4. The van der Waals surface area contributed by atoms with Gasteiger partial charge in [0.1, 0.15) is 16.7 Å². The van der Waals surface area contributed by atoms with Gasteiger partial charge in [0, 0.05) is 49.1 Å². The summed E-state index contributed by atoms with van der Waals surface area (Å²) in [5.74, 6) is 0.592. The van der Waals surface area contributed by atoms with Crippen LogP contribution in [0.4, 0.5) is 0 Å². The van der Waals surface area contributed by atoms with Crippen molar-refractivity contribution in [1.82, 2.24) is 14.5 Å². The van der Waals surface area contributed by atoms with Gasteiger partial charge in [0.15, 0.2) is 11.4 Å². The van der Waals surface area contributed by atoms with E-state index < -0.39 is 0 Å². The standard InChI is InChI=1S/C52H31N3O2/c1-3-13-32(14-4-1)33-15-11-16-34(29-33)44-31-45(35-25-28-48-43(30-35)38-20-8-10-24-47(38)56-48)54-52(53-44)42-22-12-21-40-41-27-26-39-37-19-7-9-23-46(37)55(36-17-5-2-6-18-36)49(39)51(41)57-50(40)42/h1-31H. The fourth-order valence-corrected chi connectivity index (χ4v) is 8.56. The van der Waals surface area contributed by atoms with Crippen LogP contribution in [-0.4, -0.2) is 14.5 Å². The number of fused-ring (bicyclic) bond motifs is 10. The Labute approximate surface area is 326 Å². The molecular formula is C52H31N3O2. The summed E-state index contributed by atoms with van der Waals surface area (Å²) in [5, 5.41) is 6.51. The van der Waals surface area contributed by atoms with Crippen LogP contribution in [0.3, 0.4) is 0 Å². The molecule has 5 heteroatoms. The van der Waals surface area contributed by atoms with Crippen molar-refractivity contribution < 1.29 is 8.83 Å². The van der Waals surface area contributed by atoms with Crippen molar-refractivity contribution in [2.75, 3.05) is 0 Å². The summed E-state index contributed by atoms with van der Waals surface area (Å²) in [6, 6.07) is 65.4. The third-order valence-corrected chi connectivity index (χ3v) is 11.2. The van der Waals surface area contributed by atoms with Crippen molar-refractivity contribution in [1.29, 1.82) is 0 Å². The second-order valence-electron chi connectivity index (χ2n) is 14.5. The maximum Gasteiger partial charge on any atom is 0.164 e. The van der Waals surface area contributed by atoms with Crippen LogP contribution in [0.15, 0.2) is 197 Å². The fraction of sp³-hybridized carbons (Fsp3) is 0. The van der Waals surface area contributed by atoms with Gasteiger partial charge >= 0.3 is 0 Å². The van der Waals surface area contributed by atoms with E-state index >= 15 is 0 Å². The van der Waals surface area contributed by atoms with Gasteiger partial charge in [-0.1, -0.05) is 121 Å². The van der Waals surface area contributed by atoms with E-state index in [1.165, 1.54) is 5.39 Å². The number of aromatic nitrogens is 3. The van der Waals surface area contributed by atoms with Crippen molar-refractivity contribution in [3.63, 3.8) is 0 Å². The van der Waals surface area contributed by atoms with Gasteiger partial charge in [-0.05, 0) is 77.9 Å². The summed E-state index contributed by atoms with van der Waals surface area (Å²) < 4.78 is 15.6. The monoisotopic (exact) mass is 729 g/mol. The highest BCUT2D eigenvalue weighted by Gasteiger charge is 2.22. The highest BCUT2D eigenvalue weighted by molar-refractivity contribution is 6.22. The number of para-hydroxylation sites is 4. The Morgan fingerprint density at radius 3 is 1.86 bits per heavy atom. The lowest BCUT2D eigenvalue weighted by Crippen LogP contribution is -1.96. The molecule has 57 heavy (non-hydrogen) atoms. The predicted molar refractivity (Wildman–Crippen MR) is 233 cm³/mol. The van der Waals surface area contributed by atoms with Gasteiger partial charge < -0.3 is 13.4 Å². The first-order valence-corrected chi connectivity index (χ1v) is 19.1. The Morgan fingerprint density at radius 1 is 0.368 bits per heavy atom. The smallest absolute Gasteiger partial charge is 0.164 e. The summed E-state index contributed by atoms with van der Waals surface area (Å²) >= 11 is 0. The van der Waals surface area contributed by atoms with Gasteiger partial charge in [0.25, 0.3) is 0 Å². The molecule has 8 aromatic carbocycles. The first-order chi connectivity index (χ1) is 28.2. The van der Waals surface area contributed by atoms with Crippen LogP contribution < -0.4 is 0 Å². The third kappa shape index (κ3) is 4.96. The highest BCUT2D eigenvalue weighted by Crippen LogP contribution is 2.43. The minimum atomic E-state index is 0.592. The quantitative estimate of drug-likeness (QED) is 0.177. The third-order valence-electron chi connectivity index (χ3n) is 11.2. The first-order valence-electron chi connectivity index (χ1n) is 19.1. The molecular weight excluding hydrogens is 699 g/mol. The Balaban J connectivity index is 1.11. The lowest BCUT2D eigenvalue weighted by Gasteiger charge is -2.11. The molecule has 0 amide bonds. The van der Waals surface area contributed by atoms with E-state index in [4.69, 9.17) is 18.8 Å². The van der Waals surface area contributed by atoms with Crippen LogP contribution >= 0.6 is 0 Å². The number of furan rings is 2. The molecule has 4 aromatic heterocycles. The largest absolute Gasteiger partial charge is 0.456 e. The molecule has 0 aliphatic heterocycles. The summed E-state index contributed by atoms with van der Waals surface area (Å²) in [6.45, 7) is 0. The molecule has 0 bridgehead atoms. The normalized spacial score (nSPS) is 11.9. The summed E-state index contributed by atoms with van der Waals surface area (Å²) in [5.41, 5.74) is 13.3. The SMILES string of the molecule is c1ccc(-c2cccc(-c3cc(-c4ccc5oc6ccccc6c5c4)nc(-c4cccc5c4oc4c5ccc5c6ccccc6n(-c6ccccc6)c54)n3)c2)cc1. The van der Waals surface area contributed by atoms with E-state index in [1.54, 1.807) is 0 Å². The molecule has 0 atom stereocenters. The molecule has 12 aromatic rings. The molecule has 0 fully saturated rings. The molecule has 266 valence electrons. The lowest BCUT2D eigenvalue weighted by atomic mass is 10.00. The van der Waals surface area contributed by atoms with Gasteiger partial charge in [-0.15, -0.1) is 0 Å². The highest BCUT2D eigenvalue weighted by atomic mass is 16.3. The van der Waals surface area contributed by atoms with E-state index in [0.717, 1.165) is 105 Å². The molecule has 0 saturated carbocycles. The Kier molecular flexibility index (Phi) is 6.86. The fourth-order valence-electron chi connectivity index (χ4n) is 8.56. The van der Waals surface area contributed by atoms with Crippen LogP contribution in [0.5, 0.6) is 0 Å². The summed E-state index contributed by atoms with van der Waals surface area (Å²) in [4.78, 5) is 10.7. The summed E-state index contributed by atoms with van der Waals surface area (Å²) in [6.07, 6.45) is 0. The number of benzene rings is 8. The van der Waals surface area contributed by atoms with Gasteiger partial charge in [0.2, 0.25) is 0 Å². The molecule has 0 spiro atoms. The number of nitrogens with zero attached hydrogens (tertiary/aromatic N) is 3. The van der Waals surface area contributed by atoms with Crippen molar-refractivity contribution in [2.45, 2.75) is 0 Å². The van der Waals surface area contributed by atoms with E-state index in [2.05, 4.69) is 162 Å². The van der Waals surface area contributed by atoms with Crippen molar-refractivity contribution in [3.05, 3.63) is 188 Å². The second kappa shape index (κ2) is 12.4. The van der Waals surface area contributed by atoms with E-state index in [9.17, 15) is 0 Å². The minimum absolute atomic E-state index is 0.592. The van der Waals surface area contributed by atoms with Crippen LogP contribution in [0, 0.1) is 0 Å². The van der Waals surface area contributed by atoms with Crippen molar-refractivity contribution in [3.8, 4) is 50.7 Å². The number of hydrogen-bond donors (Lipinski definition) is 0. The molecule has 0 aliphatic rings. The zero-order chi connectivity index (χ0) is 37.5. The van der Waals surface area contributed by atoms with Gasteiger partial charge in [-0.25, -0.2) is 9.97 Å². The molecule has 0 aliphatic carbocycles. The lowest BCUT2D eigenvalue weighted by molar-refractivity contribution is 0.669. The Bertz CT molecular complexity index is 3520. The van der Waals surface area contributed by atoms with Crippen LogP contribution in [0.2, 0.25) is 0 Å². The van der Waals surface area contributed by atoms with Gasteiger partial charge in [-0.2, -0.15) is 0 Å². The van der Waals surface area contributed by atoms with Gasteiger partial charge in [-0.3, -0.25) is 0 Å². The van der Waals surface area contributed by atoms with Gasteiger partial charge in [0.05, 0.1) is 28.0 Å². The maximum absolute atomic E-state index is 7.09. The molecule has 12 rings (SSSR count). The molecule has 5 nitrogen and oxygen atoms in total. The zero-order valence-corrected chi connectivity index (χ0v) is 30.6.